The van der Waals surface area contributed by atoms with Gasteiger partial charge >= 0.3 is 0 Å². The molecule has 1 saturated carbocycles. The van der Waals surface area contributed by atoms with Gasteiger partial charge in [0, 0.05) is 18.1 Å². The summed E-state index contributed by atoms with van der Waals surface area (Å²) in [6.07, 6.45) is 21.0. The lowest BCUT2D eigenvalue weighted by atomic mass is 9.86. The minimum absolute atomic E-state index is 0.170. The van der Waals surface area contributed by atoms with Crippen molar-refractivity contribution in [2.24, 2.45) is 0 Å². The lowest BCUT2D eigenvalue weighted by Gasteiger charge is -2.24. The SMILES string of the molecule is O=c1cc(CO/C2=C3\CCC/C(=C/CCC2)C3)nc2nc(C3=CC=CC=CC3)[nH]n12. The van der Waals surface area contributed by atoms with E-state index in [4.69, 9.17) is 4.74 Å². The van der Waals surface area contributed by atoms with E-state index in [0.717, 1.165) is 49.9 Å². The molecule has 0 aromatic carbocycles. The van der Waals surface area contributed by atoms with Crippen LogP contribution >= 0.6 is 0 Å². The van der Waals surface area contributed by atoms with Gasteiger partial charge in [-0.3, -0.25) is 9.89 Å². The first-order valence-corrected chi connectivity index (χ1v) is 10.8. The molecule has 2 bridgehead atoms. The number of rotatable bonds is 4. The first-order valence-electron chi connectivity index (χ1n) is 10.8. The number of aromatic amines is 1. The van der Waals surface area contributed by atoms with Crippen molar-refractivity contribution < 1.29 is 4.74 Å². The van der Waals surface area contributed by atoms with E-state index in [0.29, 0.717) is 23.9 Å². The third-order valence-electron chi connectivity index (χ3n) is 5.93. The van der Waals surface area contributed by atoms with Crippen LogP contribution in [0.1, 0.15) is 62.9 Å². The maximum absolute atomic E-state index is 12.6. The average molecular weight is 402 g/mol. The number of ether oxygens (including phenoxy) is 1. The minimum atomic E-state index is -0.170. The molecule has 154 valence electrons. The fourth-order valence-corrected chi connectivity index (χ4v) is 4.37. The Morgan fingerprint density at radius 1 is 1.10 bits per heavy atom. The Balaban J connectivity index is 1.38. The zero-order chi connectivity index (χ0) is 20.3. The molecule has 0 spiro atoms. The molecule has 5 rings (SSSR count). The second-order valence-electron chi connectivity index (χ2n) is 8.10. The van der Waals surface area contributed by atoms with E-state index in [-0.39, 0.29) is 5.56 Å². The molecule has 0 aliphatic heterocycles. The van der Waals surface area contributed by atoms with Crippen molar-refractivity contribution in [3.63, 3.8) is 0 Å². The third-order valence-corrected chi connectivity index (χ3v) is 5.93. The van der Waals surface area contributed by atoms with Crippen LogP contribution < -0.4 is 5.56 Å². The lowest BCUT2D eigenvalue weighted by molar-refractivity contribution is 0.178. The standard InChI is InChI=1S/C24H26N4O2/c29-22-15-20(16-30-21-13-6-5-8-17-9-7-12-19(21)14-17)25-24-26-23(27-28(22)24)18-10-3-1-2-4-11-18/h1-4,8,10,15H,5-7,9,11-14,16H2,(H,25,26,27)/b17-8-,21-19+. The molecule has 2 aromatic heterocycles. The number of hydrogen-bond donors (Lipinski definition) is 1. The molecule has 2 aromatic rings. The maximum Gasteiger partial charge on any atom is 0.274 e. The van der Waals surface area contributed by atoms with Crippen LogP contribution in [0.2, 0.25) is 0 Å². The van der Waals surface area contributed by atoms with Crippen LogP contribution in [-0.2, 0) is 11.3 Å². The smallest absolute Gasteiger partial charge is 0.274 e. The fourth-order valence-electron chi connectivity index (χ4n) is 4.37. The molecule has 30 heavy (non-hydrogen) atoms. The molecule has 0 saturated heterocycles. The van der Waals surface area contributed by atoms with E-state index in [2.05, 4.69) is 27.2 Å². The number of H-pyrrole nitrogens is 1. The molecule has 3 aliphatic carbocycles. The predicted octanol–water partition coefficient (Wildman–Crippen LogP) is 4.77. The van der Waals surface area contributed by atoms with Gasteiger partial charge in [0.05, 0.1) is 11.5 Å². The predicted molar refractivity (Wildman–Crippen MR) is 117 cm³/mol. The summed E-state index contributed by atoms with van der Waals surface area (Å²) < 4.78 is 7.60. The summed E-state index contributed by atoms with van der Waals surface area (Å²) in [6, 6.07) is 1.54. The second kappa shape index (κ2) is 8.30. The molecule has 0 radical (unpaired) electrons. The molecule has 3 aliphatic rings. The van der Waals surface area contributed by atoms with Gasteiger partial charge in [0.1, 0.15) is 6.61 Å². The average Bonchev–Trinajstić information content (AvgIpc) is 2.99. The summed E-state index contributed by atoms with van der Waals surface area (Å²) in [5, 5.41) is 3.08. The van der Waals surface area contributed by atoms with Crippen LogP contribution in [0.3, 0.4) is 0 Å². The van der Waals surface area contributed by atoms with E-state index in [9.17, 15) is 4.79 Å². The van der Waals surface area contributed by atoms with E-state index in [1.807, 2.05) is 24.3 Å². The topological polar surface area (TPSA) is 72.3 Å². The fraction of sp³-hybridized carbons (Fsp3) is 0.375. The maximum atomic E-state index is 12.6. The van der Waals surface area contributed by atoms with Crippen LogP contribution in [0.4, 0.5) is 0 Å². The summed E-state index contributed by atoms with van der Waals surface area (Å²) in [6.45, 7) is 0.306. The van der Waals surface area contributed by atoms with Gasteiger partial charge in [0.25, 0.3) is 11.3 Å². The number of nitrogens with zero attached hydrogens (tertiary/aromatic N) is 3. The highest BCUT2D eigenvalue weighted by molar-refractivity contribution is 5.64. The monoisotopic (exact) mass is 402 g/mol. The normalized spacial score (nSPS) is 23.3. The van der Waals surface area contributed by atoms with Crippen molar-refractivity contribution in [3.05, 3.63) is 81.3 Å². The second-order valence-corrected chi connectivity index (χ2v) is 8.10. The van der Waals surface area contributed by atoms with Gasteiger partial charge in [-0.15, -0.1) is 0 Å². The summed E-state index contributed by atoms with van der Waals surface area (Å²) in [7, 11) is 0. The summed E-state index contributed by atoms with van der Waals surface area (Å²) in [4.78, 5) is 21.8. The zero-order valence-corrected chi connectivity index (χ0v) is 17.1. The van der Waals surface area contributed by atoms with Crippen molar-refractivity contribution in [2.75, 3.05) is 0 Å². The molecule has 0 amide bonds. The number of hydrogen-bond acceptors (Lipinski definition) is 4. The molecular weight excluding hydrogens is 376 g/mol. The molecule has 0 unspecified atom stereocenters. The molecule has 1 fully saturated rings. The summed E-state index contributed by atoms with van der Waals surface area (Å²) in [5.74, 6) is 2.15. The van der Waals surface area contributed by atoms with Crippen molar-refractivity contribution >= 4 is 11.4 Å². The molecular formula is C24H26N4O2. The number of nitrogens with one attached hydrogen (secondary N) is 1. The number of allylic oxidation sites excluding steroid dienone is 10. The van der Waals surface area contributed by atoms with Gasteiger partial charge in [-0.1, -0.05) is 42.0 Å². The van der Waals surface area contributed by atoms with Crippen molar-refractivity contribution in [3.8, 4) is 0 Å². The van der Waals surface area contributed by atoms with Crippen LogP contribution in [0, 0.1) is 0 Å². The Labute approximate surface area is 175 Å². The molecule has 2 heterocycles. The summed E-state index contributed by atoms with van der Waals surface area (Å²) in [5.41, 5.74) is 4.44. The summed E-state index contributed by atoms with van der Waals surface area (Å²) >= 11 is 0. The van der Waals surface area contributed by atoms with Crippen LogP contribution in [0.15, 0.2) is 64.2 Å². The molecule has 6 heteroatoms. The van der Waals surface area contributed by atoms with Crippen LogP contribution in [-0.4, -0.2) is 19.6 Å². The number of aromatic nitrogens is 4. The van der Waals surface area contributed by atoms with Gasteiger partial charge in [0.15, 0.2) is 5.82 Å². The largest absolute Gasteiger partial charge is 0.492 e. The van der Waals surface area contributed by atoms with Gasteiger partial charge in [-0.25, -0.2) is 4.98 Å². The zero-order valence-electron chi connectivity index (χ0n) is 17.1. The quantitative estimate of drug-likeness (QED) is 0.748. The highest BCUT2D eigenvalue weighted by Gasteiger charge is 2.18. The van der Waals surface area contributed by atoms with Gasteiger partial charge in [-0.05, 0) is 50.5 Å². The van der Waals surface area contributed by atoms with Gasteiger partial charge < -0.3 is 4.74 Å². The third kappa shape index (κ3) is 3.95. The number of fused-ring (bicyclic) bond motifs is 3. The Hall–Kier alpha value is -3.15. The highest BCUT2D eigenvalue weighted by Crippen LogP contribution is 2.34. The van der Waals surface area contributed by atoms with E-state index in [1.165, 1.54) is 29.0 Å². The Bertz CT molecular complexity index is 1170. The van der Waals surface area contributed by atoms with Crippen LogP contribution in [0.5, 0.6) is 0 Å². The van der Waals surface area contributed by atoms with Gasteiger partial charge in [0.2, 0.25) is 0 Å². The van der Waals surface area contributed by atoms with E-state index in [1.54, 1.807) is 5.57 Å². The minimum Gasteiger partial charge on any atom is -0.492 e. The Morgan fingerprint density at radius 2 is 2.07 bits per heavy atom. The van der Waals surface area contributed by atoms with E-state index >= 15 is 0 Å². The van der Waals surface area contributed by atoms with Crippen molar-refractivity contribution in [1.29, 1.82) is 0 Å². The first-order chi connectivity index (χ1) is 14.8. The molecule has 1 N–H and O–H groups in total. The van der Waals surface area contributed by atoms with E-state index < -0.39 is 0 Å². The first kappa shape index (κ1) is 18.9. The molecule has 6 nitrogen and oxygen atoms in total. The highest BCUT2D eigenvalue weighted by atomic mass is 16.5. The van der Waals surface area contributed by atoms with Gasteiger partial charge in [-0.2, -0.15) is 9.50 Å². The Morgan fingerprint density at radius 3 is 3.03 bits per heavy atom. The Kier molecular flexibility index (Phi) is 5.22. The van der Waals surface area contributed by atoms with Crippen molar-refractivity contribution in [2.45, 2.75) is 58.0 Å². The lowest BCUT2D eigenvalue weighted by Crippen LogP contribution is -2.16. The van der Waals surface area contributed by atoms with Crippen LogP contribution in [0.25, 0.3) is 11.4 Å². The molecule has 0 atom stereocenters. The van der Waals surface area contributed by atoms with Crippen molar-refractivity contribution in [1.82, 2.24) is 19.6 Å².